The molecule has 0 saturated heterocycles. The third kappa shape index (κ3) is 4.08. The number of aryl methyl sites for hydroxylation is 1. The van der Waals surface area contributed by atoms with Gasteiger partial charge in [-0.3, -0.25) is 14.2 Å². The first kappa shape index (κ1) is 19.2. The number of rotatable bonds is 6. The summed E-state index contributed by atoms with van der Waals surface area (Å²) in [5.41, 5.74) is 3.86. The van der Waals surface area contributed by atoms with Gasteiger partial charge in [-0.2, -0.15) is 0 Å². The molecule has 0 spiro atoms. The number of hydrogen-bond acceptors (Lipinski definition) is 4. The second-order valence-corrected chi connectivity index (χ2v) is 7.68. The lowest BCUT2D eigenvalue weighted by Crippen LogP contribution is -2.23. The van der Waals surface area contributed by atoms with E-state index in [1.54, 1.807) is 4.57 Å². The summed E-state index contributed by atoms with van der Waals surface area (Å²) >= 11 is 1.28. The molecule has 2 aromatic heterocycles. The van der Waals surface area contributed by atoms with Crippen LogP contribution in [0.2, 0.25) is 0 Å². The highest BCUT2D eigenvalue weighted by molar-refractivity contribution is 7.99. The summed E-state index contributed by atoms with van der Waals surface area (Å²) < 4.78 is 1.60. The largest absolute Gasteiger partial charge is 0.353 e. The van der Waals surface area contributed by atoms with Crippen LogP contribution in [0.4, 0.5) is 5.69 Å². The van der Waals surface area contributed by atoms with Crippen molar-refractivity contribution in [3.8, 4) is 0 Å². The Labute approximate surface area is 162 Å². The molecule has 1 aromatic carbocycles. The van der Waals surface area contributed by atoms with Gasteiger partial charge in [0.05, 0.1) is 11.3 Å². The van der Waals surface area contributed by atoms with Crippen LogP contribution in [-0.4, -0.2) is 26.2 Å². The zero-order valence-corrected chi connectivity index (χ0v) is 16.8. The van der Waals surface area contributed by atoms with Crippen LogP contribution in [0.1, 0.15) is 37.9 Å². The molecule has 0 bridgehead atoms. The van der Waals surface area contributed by atoms with E-state index >= 15 is 0 Å². The summed E-state index contributed by atoms with van der Waals surface area (Å²) in [4.78, 5) is 32.7. The van der Waals surface area contributed by atoms with Crippen molar-refractivity contribution >= 4 is 34.4 Å². The van der Waals surface area contributed by atoms with Gasteiger partial charge in [0.15, 0.2) is 5.16 Å². The summed E-state index contributed by atoms with van der Waals surface area (Å²) in [6.45, 7) is 8.48. The molecule has 0 saturated carbocycles. The smallest absolute Gasteiger partial charge is 0.278 e. The second kappa shape index (κ2) is 8.00. The fourth-order valence-corrected chi connectivity index (χ4v) is 3.89. The van der Waals surface area contributed by atoms with E-state index in [2.05, 4.69) is 29.1 Å². The van der Waals surface area contributed by atoms with Crippen molar-refractivity contribution in [2.24, 2.45) is 0 Å². The lowest BCUT2D eigenvalue weighted by Gasteiger charge is -2.14. The minimum atomic E-state index is -0.115. The van der Waals surface area contributed by atoms with Crippen LogP contribution in [0.3, 0.4) is 0 Å². The molecule has 0 unspecified atom stereocenters. The molecule has 2 N–H and O–H groups in total. The minimum absolute atomic E-state index is 0.108. The Bertz CT molecular complexity index is 1040. The number of fused-ring (bicyclic) bond motifs is 1. The monoisotopic (exact) mass is 384 g/mol. The van der Waals surface area contributed by atoms with E-state index in [1.807, 2.05) is 44.2 Å². The second-order valence-electron chi connectivity index (χ2n) is 6.74. The predicted octanol–water partition coefficient (Wildman–Crippen LogP) is 3.91. The zero-order chi connectivity index (χ0) is 19.6. The van der Waals surface area contributed by atoms with Crippen LogP contribution >= 0.6 is 11.8 Å². The Morgan fingerprint density at radius 1 is 1.33 bits per heavy atom. The Balaban J connectivity index is 1.79. The van der Waals surface area contributed by atoms with Gasteiger partial charge in [0.2, 0.25) is 5.91 Å². The number of para-hydroxylation sites is 1. The third-order valence-corrected chi connectivity index (χ3v) is 5.32. The first-order chi connectivity index (χ1) is 12.9. The maximum atomic E-state index is 12.6. The minimum Gasteiger partial charge on any atom is -0.353 e. The maximum absolute atomic E-state index is 12.6. The van der Waals surface area contributed by atoms with E-state index in [9.17, 15) is 9.59 Å². The molecule has 3 aromatic rings. The predicted molar refractivity (Wildman–Crippen MR) is 111 cm³/mol. The highest BCUT2D eigenvalue weighted by atomic mass is 32.2. The van der Waals surface area contributed by atoms with Crippen LogP contribution in [0.15, 0.2) is 40.3 Å². The number of aromatic amines is 1. The Hall–Kier alpha value is -2.54. The molecule has 1 amide bonds. The van der Waals surface area contributed by atoms with Gasteiger partial charge >= 0.3 is 0 Å². The van der Waals surface area contributed by atoms with Crippen LogP contribution < -0.4 is 10.9 Å². The van der Waals surface area contributed by atoms with Gasteiger partial charge in [-0.15, -0.1) is 0 Å². The number of amides is 1. The number of aromatic nitrogens is 3. The Kier molecular flexibility index (Phi) is 5.70. The molecule has 142 valence electrons. The number of anilines is 1. The summed E-state index contributed by atoms with van der Waals surface area (Å²) in [7, 11) is 0. The first-order valence-electron chi connectivity index (χ1n) is 9.02. The SMILES string of the molecule is CCn1c(SCC(=O)Nc2ccccc2C(C)C)nc2cc(C)[nH]c2c1=O. The number of hydrogen-bond donors (Lipinski definition) is 2. The topological polar surface area (TPSA) is 79.8 Å². The first-order valence-corrected chi connectivity index (χ1v) is 10.0. The molecule has 0 aliphatic carbocycles. The number of thioether (sulfide) groups is 1. The fraction of sp³-hybridized carbons (Fsp3) is 0.350. The van der Waals surface area contributed by atoms with Gasteiger partial charge in [-0.25, -0.2) is 4.98 Å². The van der Waals surface area contributed by atoms with Crippen LogP contribution in [-0.2, 0) is 11.3 Å². The van der Waals surface area contributed by atoms with Crippen molar-refractivity contribution in [3.05, 3.63) is 51.9 Å². The van der Waals surface area contributed by atoms with Crippen molar-refractivity contribution in [3.63, 3.8) is 0 Å². The van der Waals surface area contributed by atoms with Gasteiger partial charge in [-0.05, 0) is 37.5 Å². The lowest BCUT2D eigenvalue weighted by atomic mass is 10.0. The van der Waals surface area contributed by atoms with E-state index in [4.69, 9.17) is 0 Å². The van der Waals surface area contributed by atoms with E-state index in [0.29, 0.717) is 28.7 Å². The molecule has 7 heteroatoms. The highest BCUT2D eigenvalue weighted by Gasteiger charge is 2.15. The van der Waals surface area contributed by atoms with E-state index in [-0.39, 0.29) is 17.2 Å². The third-order valence-electron chi connectivity index (χ3n) is 4.34. The molecule has 0 aliphatic heterocycles. The van der Waals surface area contributed by atoms with Gasteiger partial charge in [0.25, 0.3) is 5.56 Å². The number of nitrogens with one attached hydrogen (secondary N) is 2. The maximum Gasteiger partial charge on any atom is 0.278 e. The van der Waals surface area contributed by atoms with Crippen LogP contribution in [0.25, 0.3) is 11.0 Å². The highest BCUT2D eigenvalue weighted by Crippen LogP contribution is 2.24. The average molecular weight is 385 g/mol. The number of carbonyl (C=O) groups is 1. The standard InChI is InChI=1S/C20H24N4O2S/c1-5-24-19(26)18-16(10-13(4)21-18)23-20(24)27-11-17(25)22-15-9-7-6-8-14(15)12(2)3/h6-10,12,21H,5,11H2,1-4H3,(H,22,25). The summed E-state index contributed by atoms with van der Waals surface area (Å²) in [5, 5.41) is 3.53. The van der Waals surface area contributed by atoms with Crippen molar-refractivity contribution in [1.29, 1.82) is 0 Å². The molecular weight excluding hydrogens is 360 g/mol. The molecule has 6 nitrogen and oxygen atoms in total. The van der Waals surface area contributed by atoms with Crippen molar-refractivity contribution in [1.82, 2.24) is 14.5 Å². The molecule has 3 rings (SSSR count). The van der Waals surface area contributed by atoms with E-state index < -0.39 is 0 Å². The number of benzene rings is 1. The van der Waals surface area contributed by atoms with E-state index in [1.165, 1.54) is 11.8 Å². The Morgan fingerprint density at radius 3 is 2.78 bits per heavy atom. The fourth-order valence-electron chi connectivity index (χ4n) is 3.03. The number of H-pyrrole nitrogens is 1. The quantitative estimate of drug-likeness (QED) is 0.499. The summed E-state index contributed by atoms with van der Waals surface area (Å²) in [6.07, 6.45) is 0. The van der Waals surface area contributed by atoms with Crippen molar-refractivity contribution in [2.45, 2.75) is 45.3 Å². The number of carbonyl (C=O) groups excluding carboxylic acids is 1. The lowest BCUT2D eigenvalue weighted by molar-refractivity contribution is -0.113. The molecular formula is C20H24N4O2S. The zero-order valence-electron chi connectivity index (χ0n) is 16.0. The van der Waals surface area contributed by atoms with Crippen LogP contribution in [0, 0.1) is 6.92 Å². The van der Waals surface area contributed by atoms with Crippen molar-refractivity contribution in [2.75, 3.05) is 11.1 Å². The van der Waals surface area contributed by atoms with E-state index in [0.717, 1.165) is 16.9 Å². The normalized spacial score (nSPS) is 11.3. The average Bonchev–Trinajstić information content (AvgIpc) is 3.01. The molecule has 0 fully saturated rings. The summed E-state index contributed by atoms with van der Waals surface area (Å²) in [6, 6.07) is 9.66. The molecule has 0 atom stereocenters. The van der Waals surface area contributed by atoms with Gasteiger partial charge in [0.1, 0.15) is 5.52 Å². The van der Waals surface area contributed by atoms with Crippen LogP contribution in [0.5, 0.6) is 0 Å². The summed E-state index contributed by atoms with van der Waals surface area (Å²) in [5.74, 6) is 0.393. The van der Waals surface area contributed by atoms with Crippen molar-refractivity contribution < 1.29 is 4.79 Å². The molecule has 0 radical (unpaired) electrons. The molecule has 0 aliphatic rings. The van der Waals surface area contributed by atoms with Gasteiger partial charge in [0, 0.05) is 17.9 Å². The van der Waals surface area contributed by atoms with Gasteiger partial charge in [-0.1, -0.05) is 43.8 Å². The Morgan fingerprint density at radius 2 is 2.07 bits per heavy atom. The molecule has 2 heterocycles. The van der Waals surface area contributed by atoms with Gasteiger partial charge < -0.3 is 10.3 Å². The number of nitrogens with zero attached hydrogens (tertiary/aromatic N) is 2. The molecule has 27 heavy (non-hydrogen) atoms.